The zero-order valence-electron chi connectivity index (χ0n) is 11.2. The number of halogens is 3. The van der Waals surface area contributed by atoms with Crippen molar-refractivity contribution in [1.82, 2.24) is 4.72 Å². The Labute approximate surface area is 116 Å². The van der Waals surface area contributed by atoms with Gasteiger partial charge in [0, 0.05) is 12.1 Å². The lowest BCUT2D eigenvalue weighted by atomic mass is 9.95. The van der Waals surface area contributed by atoms with Crippen molar-refractivity contribution >= 4 is 10.0 Å². The van der Waals surface area contributed by atoms with Gasteiger partial charge in [0.25, 0.3) is 0 Å². The molecule has 0 unspecified atom stereocenters. The second kappa shape index (κ2) is 6.11. The average molecular weight is 310 g/mol. The molecule has 0 aliphatic carbocycles. The minimum absolute atomic E-state index is 0.00449. The molecule has 1 aromatic carbocycles. The van der Waals surface area contributed by atoms with E-state index < -0.39 is 37.9 Å². The molecule has 0 atom stereocenters. The maximum atomic E-state index is 13.6. The fraction of sp³-hybridized carbons (Fsp3) is 0.500. The quantitative estimate of drug-likeness (QED) is 0.788. The molecular formula is C12H17F3N2O2S. The highest BCUT2D eigenvalue weighted by Gasteiger charge is 2.33. The molecule has 0 aliphatic rings. The van der Waals surface area contributed by atoms with Crippen LogP contribution in [0.4, 0.5) is 13.2 Å². The summed E-state index contributed by atoms with van der Waals surface area (Å²) in [7, 11) is -4.34. The van der Waals surface area contributed by atoms with Gasteiger partial charge in [0.2, 0.25) is 10.0 Å². The third-order valence-electron chi connectivity index (χ3n) is 3.38. The smallest absolute Gasteiger partial charge is 0.244 e. The van der Waals surface area contributed by atoms with E-state index in [9.17, 15) is 21.6 Å². The summed E-state index contributed by atoms with van der Waals surface area (Å²) in [6.07, 6.45) is 0.759. The van der Waals surface area contributed by atoms with Gasteiger partial charge in [-0.05, 0) is 25.0 Å². The molecule has 0 aliphatic heterocycles. The Balaban J connectivity index is 3.28. The lowest BCUT2D eigenvalue weighted by Gasteiger charge is -2.31. The fourth-order valence-corrected chi connectivity index (χ4v) is 3.41. The molecule has 0 saturated carbocycles. The van der Waals surface area contributed by atoms with Gasteiger partial charge in [0.15, 0.2) is 17.5 Å². The summed E-state index contributed by atoms with van der Waals surface area (Å²) in [6.45, 7) is 3.45. The van der Waals surface area contributed by atoms with Gasteiger partial charge in [0.1, 0.15) is 4.90 Å². The molecule has 0 aromatic heterocycles. The van der Waals surface area contributed by atoms with Gasteiger partial charge in [0.05, 0.1) is 0 Å². The van der Waals surface area contributed by atoms with Crippen molar-refractivity contribution in [3.05, 3.63) is 29.6 Å². The number of benzene rings is 1. The van der Waals surface area contributed by atoms with E-state index in [1.54, 1.807) is 13.8 Å². The van der Waals surface area contributed by atoms with Crippen LogP contribution in [0.3, 0.4) is 0 Å². The Bertz CT molecular complexity index is 578. The molecule has 0 amide bonds. The van der Waals surface area contributed by atoms with Gasteiger partial charge in [-0.3, -0.25) is 0 Å². The highest BCUT2D eigenvalue weighted by Crippen LogP contribution is 2.23. The Morgan fingerprint density at radius 3 is 2.15 bits per heavy atom. The van der Waals surface area contributed by atoms with E-state index in [0.717, 1.165) is 0 Å². The maximum Gasteiger partial charge on any atom is 0.244 e. The molecule has 3 N–H and O–H groups in total. The van der Waals surface area contributed by atoms with E-state index in [1.807, 2.05) is 0 Å². The Morgan fingerprint density at radius 1 is 1.15 bits per heavy atom. The van der Waals surface area contributed by atoms with Crippen molar-refractivity contribution in [2.45, 2.75) is 37.1 Å². The Morgan fingerprint density at radius 2 is 1.70 bits per heavy atom. The molecule has 1 aromatic rings. The molecule has 4 nitrogen and oxygen atoms in total. The van der Waals surface area contributed by atoms with Gasteiger partial charge in [-0.15, -0.1) is 0 Å². The summed E-state index contributed by atoms with van der Waals surface area (Å²) in [5.41, 5.74) is 4.60. The molecule has 8 heteroatoms. The Hall–Kier alpha value is -1.12. The van der Waals surface area contributed by atoms with E-state index in [1.165, 1.54) is 0 Å². The van der Waals surface area contributed by atoms with Gasteiger partial charge in [-0.25, -0.2) is 26.3 Å². The van der Waals surface area contributed by atoms with E-state index in [4.69, 9.17) is 5.73 Å². The van der Waals surface area contributed by atoms with Crippen molar-refractivity contribution in [1.29, 1.82) is 0 Å². The molecule has 20 heavy (non-hydrogen) atoms. The van der Waals surface area contributed by atoms with Crippen LogP contribution in [0.25, 0.3) is 0 Å². The molecule has 0 heterocycles. The third-order valence-corrected chi connectivity index (χ3v) is 4.98. The maximum absolute atomic E-state index is 13.6. The van der Waals surface area contributed by atoms with Crippen LogP contribution in [-0.4, -0.2) is 20.5 Å². The van der Waals surface area contributed by atoms with Gasteiger partial charge in [-0.2, -0.15) is 0 Å². The van der Waals surface area contributed by atoms with E-state index >= 15 is 0 Å². The van der Waals surface area contributed by atoms with Crippen LogP contribution < -0.4 is 10.5 Å². The average Bonchev–Trinajstić information content (AvgIpc) is 2.42. The zero-order valence-corrected chi connectivity index (χ0v) is 12.0. The number of rotatable bonds is 6. The van der Waals surface area contributed by atoms with E-state index in [2.05, 4.69) is 4.72 Å². The highest BCUT2D eigenvalue weighted by molar-refractivity contribution is 7.89. The second-order valence-electron chi connectivity index (χ2n) is 4.47. The van der Waals surface area contributed by atoms with Gasteiger partial charge < -0.3 is 5.73 Å². The van der Waals surface area contributed by atoms with Crippen LogP contribution in [0.5, 0.6) is 0 Å². The molecule has 0 spiro atoms. The topological polar surface area (TPSA) is 72.2 Å². The summed E-state index contributed by atoms with van der Waals surface area (Å²) in [5.74, 6) is -5.01. The third kappa shape index (κ3) is 3.13. The SMILES string of the molecule is CCC(CC)(CN)NS(=O)(=O)c1ccc(F)c(F)c1F. The summed E-state index contributed by atoms with van der Waals surface area (Å²) in [5, 5.41) is 0. The van der Waals surface area contributed by atoms with Crippen LogP contribution in [0.2, 0.25) is 0 Å². The number of sulfonamides is 1. The lowest BCUT2D eigenvalue weighted by molar-refractivity contribution is 0.361. The molecule has 114 valence electrons. The first kappa shape index (κ1) is 16.9. The summed E-state index contributed by atoms with van der Waals surface area (Å²) < 4.78 is 66.1. The highest BCUT2D eigenvalue weighted by atomic mass is 32.2. The largest absolute Gasteiger partial charge is 0.329 e. The normalized spacial score (nSPS) is 12.7. The van der Waals surface area contributed by atoms with Crippen molar-refractivity contribution in [2.75, 3.05) is 6.54 Å². The first-order valence-corrected chi connectivity index (χ1v) is 7.59. The molecule has 0 bridgehead atoms. The minimum atomic E-state index is -4.34. The van der Waals surface area contributed by atoms with Crippen LogP contribution in [0.15, 0.2) is 17.0 Å². The van der Waals surface area contributed by atoms with Crippen molar-refractivity contribution in [2.24, 2.45) is 5.73 Å². The summed E-state index contributed by atoms with van der Waals surface area (Å²) in [6, 6.07) is 1.25. The molecule has 0 saturated heterocycles. The Kier molecular flexibility index (Phi) is 5.17. The lowest BCUT2D eigenvalue weighted by Crippen LogP contribution is -2.52. The van der Waals surface area contributed by atoms with Crippen LogP contribution >= 0.6 is 0 Å². The van der Waals surface area contributed by atoms with Crippen molar-refractivity contribution in [3.63, 3.8) is 0 Å². The number of nitrogens with two attached hydrogens (primary N) is 1. The summed E-state index contributed by atoms with van der Waals surface area (Å²) >= 11 is 0. The van der Waals surface area contributed by atoms with Crippen LogP contribution in [0.1, 0.15) is 26.7 Å². The summed E-state index contributed by atoms with van der Waals surface area (Å²) in [4.78, 5) is -0.934. The number of nitrogens with one attached hydrogen (secondary N) is 1. The number of hydrogen-bond donors (Lipinski definition) is 2. The predicted molar refractivity (Wildman–Crippen MR) is 69.0 cm³/mol. The first-order chi connectivity index (χ1) is 9.23. The molecular weight excluding hydrogens is 293 g/mol. The predicted octanol–water partition coefficient (Wildman–Crippen LogP) is 1.90. The number of hydrogen-bond acceptors (Lipinski definition) is 3. The zero-order chi connectivity index (χ0) is 15.6. The van der Waals surface area contributed by atoms with Crippen molar-refractivity contribution in [3.8, 4) is 0 Å². The monoisotopic (exact) mass is 310 g/mol. The van der Waals surface area contributed by atoms with Crippen molar-refractivity contribution < 1.29 is 21.6 Å². The van der Waals surface area contributed by atoms with E-state index in [-0.39, 0.29) is 6.54 Å². The minimum Gasteiger partial charge on any atom is -0.329 e. The van der Waals surface area contributed by atoms with Crippen LogP contribution in [0, 0.1) is 17.5 Å². The van der Waals surface area contributed by atoms with Crippen LogP contribution in [-0.2, 0) is 10.0 Å². The second-order valence-corrected chi connectivity index (χ2v) is 6.12. The van der Waals surface area contributed by atoms with Gasteiger partial charge in [-0.1, -0.05) is 13.8 Å². The molecule has 0 radical (unpaired) electrons. The standard InChI is InChI=1S/C12H17F3N2O2S/c1-3-12(4-2,7-16)17-20(18,19)9-6-5-8(13)10(14)11(9)15/h5-6,17H,3-4,7,16H2,1-2H3. The molecule has 1 rings (SSSR count). The molecule has 0 fully saturated rings. The van der Waals surface area contributed by atoms with E-state index in [0.29, 0.717) is 25.0 Å². The first-order valence-electron chi connectivity index (χ1n) is 6.10. The van der Waals surface area contributed by atoms with Gasteiger partial charge >= 0.3 is 0 Å². The fourth-order valence-electron chi connectivity index (χ4n) is 1.78.